The van der Waals surface area contributed by atoms with Crippen molar-refractivity contribution in [2.24, 2.45) is 0 Å². The van der Waals surface area contributed by atoms with E-state index < -0.39 is 0 Å². The summed E-state index contributed by atoms with van der Waals surface area (Å²) in [5.74, 6) is 2.39. The summed E-state index contributed by atoms with van der Waals surface area (Å²) in [5.41, 5.74) is 3.35. The van der Waals surface area contributed by atoms with Crippen LogP contribution in [0.1, 0.15) is 35.2 Å². The van der Waals surface area contributed by atoms with Crippen LogP contribution in [0.15, 0.2) is 48.9 Å². The molecule has 0 radical (unpaired) electrons. The number of nitrogens with one attached hydrogen (secondary N) is 2. The summed E-state index contributed by atoms with van der Waals surface area (Å²) in [6.45, 7) is 4.27. The van der Waals surface area contributed by atoms with Crippen LogP contribution < -0.4 is 20.3 Å². The van der Waals surface area contributed by atoms with Crippen LogP contribution in [0, 0.1) is 0 Å². The molecule has 9 heteroatoms. The quantitative estimate of drug-likeness (QED) is 0.459. The molecule has 1 aliphatic rings. The Kier molecular flexibility index (Phi) is 7.77. The fraction of sp³-hybridized carbons (Fsp3) is 0.385. The number of hydrogen-bond acceptors (Lipinski definition) is 8. The number of hydrogen-bond donors (Lipinski definition) is 2. The summed E-state index contributed by atoms with van der Waals surface area (Å²) in [6, 6.07) is 11.9. The fourth-order valence-electron chi connectivity index (χ4n) is 4.03. The zero-order valence-corrected chi connectivity index (χ0v) is 20.6. The van der Waals surface area contributed by atoms with Crippen molar-refractivity contribution in [3.63, 3.8) is 0 Å². The van der Waals surface area contributed by atoms with Gasteiger partial charge in [0.1, 0.15) is 23.7 Å². The van der Waals surface area contributed by atoms with E-state index in [0.717, 1.165) is 48.1 Å². The van der Waals surface area contributed by atoms with Gasteiger partial charge in [0.15, 0.2) is 0 Å². The minimum absolute atomic E-state index is 0.138. The molecule has 0 saturated carbocycles. The first-order valence-corrected chi connectivity index (χ1v) is 11.8. The van der Waals surface area contributed by atoms with E-state index in [-0.39, 0.29) is 11.8 Å². The highest BCUT2D eigenvalue weighted by Gasteiger charge is 2.24. The van der Waals surface area contributed by atoms with Crippen LogP contribution >= 0.6 is 0 Å². The topological polar surface area (TPSA) is 102 Å². The summed E-state index contributed by atoms with van der Waals surface area (Å²) in [4.78, 5) is 27.6. The van der Waals surface area contributed by atoms with Crippen molar-refractivity contribution in [3.05, 3.63) is 60.0 Å². The van der Waals surface area contributed by atoms with Gasteiger partial charge in [-0.3, -0.25) is 4.79 Å². The molecule has 1 amide bonds. The van der Waals surface area contributed by atoms with Crippen molar-refractivity contribution in [1.29, 1.82) is 0 Å². The summed E-state index contributed by atoms with van der Waals surface area (Å²) >= 11 is 0. The predicted octanol–water partition coefficient (Wildman–Crippen LogP) is 3.35. The average Bonchev–Trinajstić information content (AvgIpc) is 2.87. The number of amides is 1. The lowest BCUT2D eigenvalue weighted by Gasteiger charge is -2.35. The van der Waals surface area contributed by atoms with Crippen molar-refractivity contribution in [2.75, 3.05) is 51.2 Å². The largest absolute Gasteiger partial charge is 0.496 e. The number of nitrogens with zero attached hydrogens (tertiary/aromatic N) is 4. The molecule has 9 nitrogen and oxygen atoms in total. The molecule has 1 saturated heterocycles. The lowest BCUT2D eigenvalue weighted by atomic mass is 9.94. The molecule has 3 heterocycles. The Bertz CT molecular complexity index is 1150. The molecule has 2 aromatic heterocycles. The SMILES string of the molecule is CCC(CNc1cc(-c2ccc(N(C)C3COC3)nc2)ncn1)c1ccc(C(=O)NC)cc1OC. The summed E-state index contributed by atoms with van der Waals surface area (Å²) in [5, 5.41) is 6.08. The molecule has 1 aromatic carbocycles. The second-order valence-electron chi connectivity index (χ2n) is 8.52. The molecule has 0 spiro atoms. The Morgan fingerprint density at radius 3 is 2.66 bits per heavy atom. The maximum absolute atomic E-state index is 12.0. The fourth-order valence-corrected chi connectivity index (χ4v) is 4.03. The van der Waals surface area contributed by atoms with Crippen LogP contribution in [0.25, 0.3) is 11.3 Å². The highest BCUT2D eigenvalue weighted by atomic mass is 16.5. The molecule has 184 valence electrons. The third kappa shape index (κ3) is 5.51. The van der Waals surface area contributed by atoms with Crippen LogP contribution in [-0.2, 0) is 4.74 Å². The standard InChI is InChI=1S/C26H32N6O3/c1-5-17(21-8-6-18(26(33)27-2)10-23(21)34-4)12-28-24-11-22(30-16-31-24)19-7-9-25(29-13-19)32(3)20-14-35-15-20/h6-11,13,16-17,20H,5,12,14-15H2,1-4H3,(H,27,33)(H,28,30,31). The van der Waals surface area contributed by atoms with E-state index >= 15 is 0 Å². The van der Waals surface area contributed by atoms with Crippen molar-refractivity contribution in [2.45, 2.75) is 25.3 Å². The van der Waals surface area contributed by atoms with Gasteiger partial charge in [-0.2, -0.15) is 0 Å². The molecular weight excluding hydrogens is 444 g/mol. The molecule has 3 aromatic rings. The molecule has 4 rings (SSSR count). The molecule has 2 N–H and O–H groups in total. The Hall–Kier alpha value is -3.72. The van der Waals surface area contributed by atoms with Gasteiger partial charge in [-0.1, -0.05) is 13.0 Å². The predicted molar refractivity (Wildman–Crippen MR) is 136 cm³/mol. The van der Waals surface area contributed by atoms with E-state index in [1.54, 1.807) is 26.6 Å². The number of aromatic nitrogens is 3. The van der Waals surface area contributed by atoms with Crippen molar-refractivity contribution < 1.29 is 14.3 Å². The smallest absolute Gasteiger partial charge is 0.251 e. The molecule has 0 aliphatic carbocycles. The molecule has 1 atom stereocenters. The number of rotatable bonds is 10. The van der Waals surface area contributed by atoms with Crippen LogP contribution in [-0.4, -0.2) is 67.9 Å². The van der Waals surface area contributed by atoms with E-state index in [0.29, 0.717) is 23.9 Å². The molecule has 35 heavy (non-hydrogen) atoms. The van der Waals surface area contributed by atoms with Crippen molar-refractivity contribution >= 4 is 17.5 Å². The van der Waals surface area contributed by atoms with Crippen LogP contribution in [0.4, 0.5) is 11.6 Å². The van der Waals surface area contributed by atoms with E-state index in [2.05, 4.69) is 37.4 Å². The zero-order chi connectivity index (χ0) is 24.8. The molecule has 1 aliphatic heterocycles. The lowest BCUT2D eigenvalue weighted by molar-refractivity contribution is 0.00988. The second-order valence-corrected chi connectivity index (χ2v) is 8.52. The highest BCUT2D eigenvalue weighted by molar-refractivity contribution is 5.94. The van der Waals surface area contributed by atoms with E-state index in [4.69, 9.17) is 9.47 Å². The number of likely N-dealkylation sites (N-methyl/N-ethyl adjacent to an activating group) is 1. The van der Waals surface area contributed by atoms with Crippen LogP contribution in [0.3, 0.4) is 0 Å². The van der Waals surface area contributed by atoms with Gasteiger partial charge in [-0.25, -0.2) is 15.0 Å². The van der Waals surface area contributed by atoms with Gasteiger partial charge in [0.25, 0.3) is 5.91 Å². The molecule has 1 unspecified atom stereocenters. The van der Waals surface area contributed by atoms with Crippen LogP contribution in [0.2, 0.25) is 0 Å². The number of methoxy groups -OCH3 is 1. The van der Waals surface area contributed by atoms with E-state index in [9.17, 15) is 4.79 Å². The Labute approximate surface area is 205 Å². The van der Waals surface area contributed by atoms with Gasteiger partial charge in [0.05, 0.1) is 32.1 Å². The molecule has 1 fully saturated rings. The third-order valence-electron chi connectivity index (χ3n) is 6.43. The van der Waals surface area contributed by atoms with Gasteiger partial charge in [-0.05, 0) is 36.2 Å². The molecular formula is C26H32N6O3. The Balaban J connectivity index is 1.45. The highest BCUT2D eigenvalue weighted by Crippen LogP contribution is 2.31. The Morgan fingerprint density at radius 1 is 1.20 bits per heavy atom. The van der Waals surface area contributed by atoms with Gasteiger partial charge in [0, 0.05) is 49.9 Å². The normalized spacial score (nSPS) is 14.1. The minimum atomic E-state index is -0.138. The summed E-state index contributed by atoms with van der Waals surface area (Å²) in [6.07, 6.45) is 4.29. The van der Waals surface area contributed by atoms with Crippen molar-refractivity contribution in [1.82, 2.24) is 20.3 Å². The van der Waals surface area contributed by atoms with Gasteiger partial charge in [0.2, 0.25) is 0 Å². The first kappa shape index (κ1) is 24.4. The number of anilines is 2. The van der Waals surface area contributed by atoms with Crippen LogP contribution in [0.5, 0.6) is 5.75 Å². The number of ether oxygens (including phenoxy) is 2. The van der Waals surface area contributed by atoms with E-state index in [1.807, 2.05) is 43.6 Å². The number of benzene rings is 1. The average molecular weight is 477 g/mol. The number of pyridine rings is 1. The first-order chi connectivity index (χ1) is 17.0. The number of carbonyl (C=O) groups is 1. The van der Waals surface area contributed by atoms with Crippen molar-refractivity contribution in [3.8, 4) is 17.0 Å². The van der Waals surface area contributed by atoms with Gasteiger partial charge >= 0.3 is 0 Å². The zero-order valence-electron chi connectivity index (χ0n) is 20.6. The maximum Gasteiger partial charge on any atom is 0.251 e. The number of carbonyl (C=O) groups excluding carboxylic acids is 1. The van der Waals surface area contributed by atoms with E-state index in [1.165, 1.54) is 0 Å². The van der Waals surface area contributed by atoms with Gasteiger partial charge < -0.3 is 25.0 Å². The summed E-state index contributed by atoms with van der Waals surface area (Å²) in [7, 11) is 5.28. The maximum atomic E-state index is 12.0. The first-order valence-electron chi connectivity index (χ1n) is 11.8. The lowest BCUT2D eigenvalue weighted by Crippen LogP contribution is -2.47. The van der Waals surface area contributed by atoms with Gasteiger partial charge in [-0.15, -0.1) is 0 Å². The second kappa shape index (κ2) is 11.1. The molecule has 0 bridgehead atoms. The Morgan fingerprint density at radius 2 is 2.03 bits per heavy atom. The monoisotopic (exact) mass is 476 g/mol. The summed E-state index contributed by atoms with van der Waals surface area (Å²) < 4.78 is 10.9. The third-order valence-corrected chi connectivity index (χ3v) is 6.43. The minimum Gasteiger partial charge on any atom is -0.496 e.